The van der Waals surface area contributed by atoms with Gasteiger partial charge in [-0.1, -0.05) is 12.1 Å². The van der Waals surface area contributed by atoms with Crippen molar-refractivity contribution in [2.75, 3.05) is 18.9 Å². The molecule has 0 saturated carbocycles. The van der Waals surface area contributed by atoms with E-state index >= 15 is 0 Å². The van der Waals surface area contributed by atoms with Crippen LogP contribution in [-0.2, 0) is 30.9 Å². The maximum atomic E-state index is 12.2. The van der Waals surface area contributed by atoms with Crippen molar-refractivity contribution in [2.45, 2.75) is 25.3 Å². The summed E-state index contributed by atoms with van der Waals surface area (Å²) in [5.74, 6) is -0.987. The topological polar surface area (TPSA) is 176 Å². The van der Waals surface area contributed by atoms with E-state index < -0.39 is 28.5 Å². The third-order valence-electron chi connectivity index (χ3n) is 4.67. The number of nitrogens with two attached hydrogens (primary N) is 1. The van der Waals surface area contributed by atoms with Gasteiger partial charge in [-0.2, -0.15) is 4.98 Å². The van der Waals surface area contributed by atoms with Crippen LogP contribution in [0.1, 0.15) is 34.4 Å². The number of nitrogens with zero attached hydrogens (tertiary/aromatic N) is 3. The molecule has 3 heterocycles. The number of aromatic nitrogens is 2. The number of nitrogen functional groups attached to an aromatic ring is 1. The molecule has 33 heavy (non-hydrogen) atoms. The van der Waals surface area contributed by atoms with Crippen LogP contribution >= 0.6 is 0 Å². The lowest BCUT2D eigenvalue weighted by atomic mass is 10.2. The first kappa shape index (κ1) is 22.2. The van der Waals surface area contributed by atoms with Crippen LogP contribution in [0.2, 0.25) is 0 Å². The van der Waals surface area contributed by atoms with Gasteiger partial charge in [-0.05, 0) is 26.0 Å². The molecule has 3 N–H and O–H groups in total. The highest BCUT2D eigenvalue weighted by Crippen LogP contribution is 2.29. The molecule has 0 spiro atoms. The van der Waals surface area contributed by atoms with Crippen LogP contribution in [0.4, 0.5) is 5.82 Å². The van der Waals surface area contributed by atoms with Gasteiger partial charge in [-0.25, -0.2) is 18.2 Å². The molecule has 0 fully saturated rings. The second-order valence-corrected chi connectivity index (χ2v) is 8.54. The zero-order chi connectivity index (χ0) is 23.8. The van der Waals surface area contributed by atoms with E-state index in [1.165, 1.54) is 6.07 Å². The summed E-state index contributed by atoms with van der Waals surface area (Å²) < 4.78 is 42.1. The summed E-state index contributed by atoms with van der Waals surface area (Å²) in [6, 6.07) is 6.28. The highest BCUT2D eigenvalue weighted by Gasteiger charge is 2.30. The molecule has 172 valence electrons. The number of benzene rings is 1. The van der Waals surface area contributed by atoms with Crippen molar-refractivity contribution in [3.63, 3.8) is 0 Å². The predicted molar refractivity (Wildman–Crippen MR) is 115 cm³/mol. The number of sulfonamides is 1. The molecule has 1 aromatic carbocycles. The van der Waals surface area contributed by atoms with Crippen LogP contribution in [0, 0.1) is 6.92 Å². The summed E-state index contributed by atoms with van der Waals surface area (Å²) in [6.07, 6.45) is 0. The van der Waals surface area contributed by atoms with Gasteiger partial charge >= 0.3 is 11.9 Å². The second kappa shape index (κ2) is 8.50. The zero-order valence-corrected chi connectivity index (χ0v) is 18.4. The first-order chi connectivity index (χ1) is 15.7. The van der Waals surface area contributed by atoms with Crippen molar-refractivity contribution >= 4 is 44.7 Å². The Morgan fingerprint density at radius 2 is 1.97 bits per heavy atom. The van der Waals surface area contributed by atoms with E-state index in [9.17, 15) is 18.0 Å². The van der Waals surface area contributed by atoms with Crippen molar-refractivity contribution in [2.24, 2.45) is 4.99 Å². The number of aliphatic imine (C=N–C) groups is 1. The molecule has 3 aromatic rings. The average molecular weight is 473 g/mol. The smallest absolute Gasteiger partial charge is 0.342 e. The van der Waals surface area contributed by atoms with Gasteiger partial charge in [0.25, 0.3) is 10.0 Å². The average Bonchev–Trinajstić information content (AvgIpc) is 3.24. The fourth-order valence-corrected chi connectivity index (χ4v) is 4.53. The van der Waals surface area contributed by atoms with Gasteiger partial charge in [0.05, 0.1) is 16.9 Å². The van der Waals surface area contributed by atoms with Gasteiger partial charge in [0, 0.05) is 5.56 Å². The number of amidine groups is 1. The lowest BCUT2D eigenvalue weighted by molar-refractivity contribution is -0.143. The summed E-state index contributed by atoms with van der Waals surface area (Å²) in [5.41, 5.74) is 6.55. The van der Waals surface area contributed by atoms with Gasteiger partial charge < -0.3 is 19.6 Å². The fourth-order valence-electron chi connectivity index (χ4n) is 3.28. The minimum atomic E-state index is -3.71. The monoisotopic (exact) mass is 473 g/mol. The Labute approximate surface area is 187 Å². The van der Waals surface area contributed by atoms with Crippen LogP contribution in [-0.4, -0.2) is 49.3 Å². The third kappa shape index (κ3) is 4.22. The number of rotatable bonds is 6. The molecule has 1 aliphatic rings. The molecule has 0 unspecified atom stereocenters. The molecule has 4 rings (SSSR count). The first-order valence-electron chi connectivity index (χ1n) is 9.76. The molecule has 0 aliphatic carbocycles. The van der Waals surface area contributed by atoms with E-state index in [-0.39, 0.29) is 58.0 Å². The van der Waals surface area contributed by atoms with Gasteiger partial charge in [0.2, 0.25) is 5.71 Å². The van der Waals surface area contributed by atoms with E-state index in [0.29, 0.717) is 5.56 Å². The third-order valence-corrected chi connectivity index (χ3v) is 6.07. The molecule has 0 saturated heterocycles. The number of furan rings is 1. The molecule has 12 nitrogen and oxygen atoms in total. The van der Waals surface area contributed by atoms with E-state index in [1.54, 1.807) is 32.0 Å². The van der Waals surface area contributed by atoms with E-state index in [1.807, 2.05) is 0 Å². The lowest BCUT2D eigenvalue weighted by Gasteiger charge is -2.05. The Kier molecular flexibility index (Phi) is 5.72. The first-order valence-corrected chi connectivity index (χ1v) is 11.2. The SMILES string of the molecule is CCOC(=O)c1c(C)oc2nc(COC(=O)CN=C3NS(=O)(=O)c4ccccc43)nc(N)c12. The van der Waals surface area contributed by atoms with Gasteiger partial charge in [0.1, 0.15) is 29.5 Å². The van der Waals surface area contributed by atoms with Crippen LogP contribution < -0.4 is 10.5 Å². The maximum Gasteiger partial charge on any atom is 0.342 e. The van der Waals surface area contributed by atoms with Crippen molar-refractivity contribution in [3.8, 4) is 0 Å². The van der Waals surface area contributed by atoms with E-state index in [4.69, 9.17) is 19.6 Å². The Balaban J connectivity index is 1.46. The summed E-state index contributed by atoms with van der Waals surface area (Å²) in [7, 11) is -3.71. The maximum absolute atomic E-state index is 12.2. The van der Waals surface area contributed by atoms with Crippen LogP contribution in [0.5, 0.6) is 0 Å². The number of nitrogens with one attached hydrogen (secondary N) is 1. The van der Waals surface area contributed by atoms with Crippen molar-refractivity contribution in [1.29, 1.82) is 0 Å². The number of carbonyl (C=O) groups excluding carboxylic acids is 2. The van der Waals surface area contributed by atoms with Gasteiger partial charge in [-0.15, -0.1) is 0 Å². The summed E-state index contributed by atoms with van der Waals surface area (Å²) >= 11 is 0. The summed E-state index contributed by atoms with van der Waals surface area (Å²) in [6.45, 7) is 2.66. The molecule has 0 amide bonds. The highest BCUT2D eigenvalue weighted by molar-refractivity contribution is 7.90. The van der Waals surface area contributed by atoms with Crippen molar-refractivity contribution in [3.05, 3.63) is 47.0 Å². The number of ether oxygens (including phenoxy) is 2. The molecule has 2 aromatic heterocycles. The largest absolute Gasteiger partial charge is 0.462 e. The molecule has 0 radical (unpaired) electrons. The zero-order valence-electron chi connectivity index (χ0n) is 17.6. The Morgan fingerprint density at radius 1 is 1.21 bits per heavy atom. The summed E-state index contributed by atoms with van der Waals surface area (Å²) in [4.78, 5) is 36.6. The van der Waals surface area contributed by atoms with Gasteiger partial charge in [-0.3, -0.25) is 14.5 Å². The number of fused-ring (bicyclic) bond motifs is 2. The molecular weight excluding hydrogens is 454 g/mol. The van der Waals surface area contributed by atoms with E-state index in [2.05, 4.69) is 19.7 Å². The molecule has 0 atom stereocenters. The minimum absolute atomic E-state index is 0.0248. The van der Waals surface area contributed by atoms with Crippen LogP contribution in [0.25, 0.3) is 11.1 Å². The Bertz CT molecular complexity index is 1410. The predicted octanol–water partition coefficient (Wildman–Crippen LogP) is 1.07. The second-order valence-electron chi connectivity index (χ2n) is 6.89. The van der Waals surface area contributed by atoms with Crippen LogP contribution in [0.15, 0.2) is 38.6 Å². The fraction of sp³-hybridized carbons (Fsp3) is 0.250. The highest BCUT2D eigenvalue weighted by atomic mass is 32.2. The van der Waals surface area contributed by atoms with Gasteiger partial charge in [0.15, 0.2) is 12.4 Å². The van der Waals surface area contributed by atoms with E-state index in [0.717, 1.165) is 0 Å². The molecule has 0 bridgehead atoms. The molecule has 1 aliphatic heterocycles. The lowest BCUT2D eigenvalue weighted by Crippen LogP contribution is -2.23. The number of anilines is 1. The number of hydrogen-bond donors (Lipinski definition) is 2. The number of esters is 2. The molecule has 13 heteroatoms. The quantitative estimate of drug-likeness (QED) is 0.492. The molecular formula is C20H19N5O7S. The van der Waals surface area contributed by atoms with Crippen LogP contribution in [0.3, 0.4) is 0 Å². The standard InChI is InChI=1S/C20H19N5O7S/c1-3-30-20(27)15-10(2)32-19-16(15)17(21)23-13(24-19)9-31-14(26)8-22-18-11-6-4-5-7-12(11)33(28,29)25-18/h4-7H,3,8-9H2,1-2H3,(H,22,25)(H2,21,23,24). The number of hydrogen-bond acceptors (Lipinski definition) is 11. The number of aryl methyl sites for hydroxylation is 1. The Hall–Kier alpha value is -4.00. The van der Waals surface area contributed by atoms with Crippen molar-refractivity contribution < 1.29 is 31.9 Å². The number of carbonyl (C=O) groups is 2. The Morgan fingerprint density at radius 3 is 2.73 bits per heavy atom. The normalized spacial score (nSPS) is 15.3. The minimum Gasteiger partial charge on any atom is -0.462 e. The summed E-state index contributed by atoms with van der Waals surface area (Å²) in [5, 5.41) is 0.222. The van der Waals surface area contributed by atoms with Crippen molar-refractivity contribution in [1.82, 2.24) is 14.7 Å².